The van der Waals surface area contributed by atoms with Crippen LogP contribution < -0.4 is 5.73 Å². The summed E-state index contributed by atoms with van der Waals surface area (Å²) >= 11 is 0. The first kappa shape index (κ1) is 10.2. The van der Waals surface area contributed by atoms with Gasteiger partial charge in [-0.2, -0.15) is 0 Å². The molecule has 5 heteroatoms. The summed E-state index contributed by atoms with van der Waals surface area (Å²) in [5.74, 6) is 0.139. The van der Waals surface area contributed by atoms with Gasteiger partial charge in [-0.3, -0.25) is 0 Å². The van der Waals surface area contributed by atoms with Crippen molar-refractivity contribution in [1.82, 2.24) is 4.90 Å². The molecule has 1 fully saturated rings. The SMILES string of the molecule is N[C@@H](CF)C1CCN(C(=O)O)CC1. The minimum Gasteiger partial charge on any atom is -0.465 e. The van der Waals surface area contributed by atoms with E-state index >= 15 is 0 Å². The number of rotatable bonds is 2. The number of hydrogen-bond acceptors (Lipinski definition) is 2. The minimum atomic E-state index is -0.896. The predicted octanol–water partition coefficient (Wildman–Crippen LogP) is 0.673. The fourth-order valence-electron chi connectivity index (χ4n) is 1.64. The second-order valence-electron chi connectivity index (χ2n) is 3.43. The van der Waals surface area contributed by atoms with E-state index in [4.69, 9.17) is 10.8 Å². The van der Waals surface area contributed by atoms with Gasteiger partial charge in [0.2, 0.25) is 0 Å². The van der Waals surface area contributed by atoms with E-state index in [0.29, 0.717) is 25.9 Å². The molecule has 1 atom stereocenters. The Bertz CT molecular complexity index is 181. The summed E-state index contributed by atoms with van der Waals surface area (Å²) < 4.78 is 12.2. The lowest BCUT2D eigenvalue weighted by atomic mass is 9.91. The Balaban J connectivity index is 2.34. The smallest absolute Gasteiger partial charge is 0.407 e. The average molecular weight is 190 g/mol. The molecule has 0 aromatic heterocycles. The summed E-state index contributed by atoms with van der Waals surface area (Å²) in [6, 6.07) is -0.420. The second-order valence-corrected chi connectivity index (χ2v) is 3.43. The number of hydrogen-bond donors (Lipinski definition) is 2. The molecule has 0 radical (unpaired) electrons. The van der Waals surface area contributed by atoms with Crippen molar-refractivity contribution in [2.75, 3.05) is 19.8 Å². The van der Waals surface area contributed by atoms with Crippen LogP contribution in [0.5, 0.6) is 0 Å². The standard InChI is InChI=1S/C8H15FN2O2/c9-5-7(10)6-1-3-11(4-2-6)8(12)13/h6-7H,1-5,10H2,(H,12,13)/t7-/m0/s1. The molecule has 0 spiro atoms. The van der Waals surface area contributed by atoms with Gasteiger partial charge in [0.25, 0.3) is 0 Å². The van der Waals surface area contributed by atoms with E-state index in [9.17, 15) is 9.18 Å². The first-order chi connectivity index (χ1) is 6.15. The molecular formula is C8H15FN2O2. The number of halogens is 1. The lowest BCUT2D eigenvalue weighted by Gasteiger charge is -2.32. The van der Waals surface area contributed by atoms with Gasteiger partial charge in [-0.05, 0) is 18.8 Å². The lowest BCUT2D eigenvalue weighted by molar-refractivity contribution is 0.117. The summed E-state index contributed by atoms with van der Waals surface area (Å²) in [5, 5.41) is 8.64. The first-order valence-electron chi connectivity index (χ1n) is 4.44. The van der Waals surface area contributed by atoms with Crippen molar-refractivity contribution in [2.45, 2.75) is 18.9 Å². The van der Waals surface area contributed by atoms with E-state index in [0.717, 1.165) is 0 Å². The molecule has 1 amide bonds. The lowest BCUT2D eigenvalue weighted by Crippen LogP contribution is -2.43. The van der Waals surface area contributed by atoms with Crippen LogP contribution in [0.1, 0.15) is 12.8 Å². The Hall–Kier alpha value is -0.840. The molecule has 0 saturated carbocycles. The van der Waals surface area contributed by atoms with Crippen LogP contribution in [-0.4, -0.2) is 41.9 Å². The Morgan fingerprint density at radius 3 is 2.54 bits per heavy atom. The van der Waals surface area contributed by atoms with Crippen LogP contribution in [-0.2, 0) is 0 Å². The molecule has 4 nitrogen and oxygen atoms in total. The number of piperidine rings is 1. The number of amides is 1. The minimum absolute atomic E-state index is 0.139. The fraction of sp³-hybridized carbons (Fsp3) is 0.875. The maximum Gasteiger partial charge on any atom is 0.407 e. The Kier molecular flexibility index (Phi) is 3.48. The monoisotopic (exact) mass is 190 g/mol. The molecule has 76 valence electrons. The predicted molar refractivity (Wildman–Crippen MR) is 46.3 cm³/mol. The van der Waals surface area contributed by atoms with Crippen LogP contribution in [0, 0.1) is 5.92 Å². The topological polar surface area (TPSA) is 66.6 Å². The van der Waals surface area contributed by atoms with E-state index in [1.54, 1.807) is 0 Å². The highest BCUT2D eigenvalue weighted by molar-refractivity contribution is 5.64. The molecule has 0 aliphatic carbocycles. The number of carboxylic acid groups (broad SMARTS) is 1. The summed E-state index contributed by atoms with van der Waals surface area (Å²) in [4.78, 5) is 11.9. The summed E-state index contributed by atoms with van der Waals surface area (Å²) in [7, 11) is 0. The van der Waals surface area contributed by atoms with Crippen LogP contribution in [0.15, 0.2) is 0 Å². The number of carbonyl (C=O) groups is 1. The number of likely N-dealkylation sites (tertiary alicyclic amines) is 1. The van der Waals surface area contributed by atoms with Crippen molar-refractivity contribution >= 4 is 6.09 Å². The molecule has 1 saturated heterocycles. The molecule has 1 aliphatic rings. The van der Waals surface area contributed by atoms with Crippen LogP contribution in [0.2, 0.25) is 0 Å². The van der Waals surface area contributed by atoms with Crippen molar-refractivity contribution in [3.63, 3.8) is 0 Å². The Morgan fingerprint density at radius 2 is 2.15 bits per heavy atom. The highest BCUT2D eigenvalue weighted by Crippen LogP contribution is 2.19. The van der Waals surface area contributed by atoms with Gasteiger partial charge in [0, 0.05) is 19.1 Å². The molecule has 1 rings (SSSR count). The number of nitrogens with zero attached hydrogens (tertiary/aromatic N) is 1. The number of nitrogens with two attached hydrogens (primary N) is 1. The van der Waals surface area contributed by atoms with E-state index in [1.165, 1.54) is 4.90 Å². The maximum atomic E-state index is 12.2. The maximum absolute atomic E-state index is 12.2. The fourth-order valence-corrected chi connectivity index (χ4v) is 1.64. The van der Waals surface area contributed by atoms with Gasteiger partial charge >= 0.3 is 6.09 Å². The van der Waals surface area contributed by atoms with Crippen LogP contribution in [0.25, 0.3) is 0 Å². The molecule has 0 unspecified atom stereocenters. The van der Waals surface area contributed by atoms with Crippen molar-refractivity contribution in [1.29, 1.82) is 0 Å². The van der Waals surface area contributed by atoms with Crippen molar-refractivity contribution in [3.05, 3.63) is 0 Å². The van der Waals surface area contributed by atoms with E-state index in [2.05, 4.69) is 0 Å². The van der Waals surface area contributed by atoms with Gasteiger partial charge in [0.15, 0.2) is 0 Å². The van der Waals surface area contributed by atoms with Gasteiger partial charge < -0.3 is 15.7 Å². The zero-order chi connectivity index (χ0) is 9.84. The number of alkyl halides is 1. The van der Waals surface area contributed by atoms with Crippen molar-refractivity contribution < 1.29 is 14.3 Å². The van der Waals surface area contributed by atoms with Crippen molar-refractivity contribution in [2.24, 2.45) is 11.7 Å². The molecule has 0 bridgehead atoms. The summed E-state index contributed by atoms with van der Waals surface area (Å²) in [6.07, 6.45) is 0.460. The first-order valence-corrected chi connectivity index (χ1v) is 4.44. The summed E-state index contributed by atoms with van der Waals surface area (Å²) in [6.45, 7) is 0.444. The van der Waals surface area contributed by atoms with E-state index in [-0.39, 0.29) is 5.92 Å². The van der Waals surface area contributed by atoms with Crippen LogP contribution >= 0.6 is 0 Å². The molecule has 1 aliphatic heterocycles. The third-order valence-corrected chi connectivity index (χ3v) is 2.59. The van der Waals surface area contributed by atoms with Gasteiger partial charge in [-0.25, -0.2) is 9.18 Å². The van der Waals surface area contributed by atoms with Gasteiger partial charge in [0.1, 0.15) is 6.67 Å². The normalized spacial score (nSPS) is 21.5. The zero-order valence-electron chi connectivity index (χ0n) is 7.45. The summed E-state index contributed by atoms with van der Waals surface area (Å²) in [5.41, 5.74) is 5.53. The molecule has 13 heavy (non-hydrogen) atoms. The molecule has 0 aromatic rings. The second kappa shape index (κ2) is 4.41. The quantitative estimate of drug-likeness (QED) is 0.672. The highest BCUT2D eigenvalue weighted by Gasteiger charge is 2.26. The van der Waals surface area contributed by atoms with Gasteiger partial charge in [-0.1, -0.05) is 0 Å². The molecule has 0 aromatic carbocycles. The highest BCUT2D eigenvalue weighted by atomic mass is 19.1. The molecule has 1 heterocycles. The third-order valence-electron chi connectivity index (χ3n) is 2.59. The van der Waals surface area contributed by atoms with Crippen LogP contribution in [0.4, 0.5) is 9.18 Å². The average Bonchev–Trinajstić information content (AvgIpc) is 2.17. The molecular weight excluding hydrogens is 175 g/mol. The Labute approximate surface area is 76.5 Å². The zero-order valence-corrected chi connectivity index (χ0v) is 7.45. The third kappa shape index (κ3) is 2.55. The van der Waals surface area contributed by atoms with Crippen LogP contribution in [0.3, 0.4) is 0 Å². The van der Waals surface area contributed by atoms with Crippen molar-refractivity contribution in [3.8, 4) is 0 Å². The van der Waals surface area contributed by atoms with E-state index in [1.807, 2.05) is 0 Å². The van der Waals surface area contributed by atoms with E-state index < -0.39 is 18.8 Å². The van der Waals surface area contributed by atoms with Gasteiger partial charge in [0.05, 0.1) is 0 Å². The largest absolute Gasteiger partial charge is 0.465 e. The molecule has 3 N–H and O–H groups in total. The van der Waals surface area contributed by atoms with Gasteiger partial charge in [-0.15, -0.1) is 0 Å². The Morgan fingerprint density at radius 1 is 1.62 bits per heavy atom.